The van der Waals surface area contributed by atoms with E-state index < -0.39 is 42.0 Å². The molecule has 13 heteroatoms. The molecule has 0 aliphatic heterocycles. The summed E-state index contributed by atoms with van der Waals surface area (Å²) in [7, 11) is 0. The fourth-order valence-corrected chi connectivity index (χ4v) is 3.27. The van der Waals surface area contributed by atoms with Gasteiger partial charge >= 0.3 is 6.18 Å². The summed E-state index contributed by atoms with van der Waals surface area (Å²) in [6.07, 6.45) is -3.66. The summed E-state index contributed by atoms with van der Waals surface area (Å²) in [6, 6.07) is 6.40. The highest BCUT2D eigenvalue weighted by molar-refractivity contribution is 5.91. The normalized spacial score (nSPS) is 12.3. The lowest BCUT2D eigenvalue weighted by Gasteiger charge is -2.14. The highest BCUT2D eigenvalue weighted by Gasteiger charge is 2.29. The van der Waals surface area contributed by atoms with Crippen LogP contribution in [-0.4, -0.2) is 42.8 Å². The van der Waals surface area contributed by atoms with Crippen molar-refractivity contribution < 1.29 is 27.1 Å². The van der Waals surface area contributed by atoms with E-state index in [0.29, 0.717) is 5.69 Å². The number of hydrogen-bond donors (Lipinski definition) is 1. The van der Waals surface area contributed by atoms with Crippen molar-refractivity contribution in [1.82, 2.24) is 24.1 Å². The van der Waals surface area contributed by atoms with E-state index in [0.717, 1.165) is 22.8 Å². The van der Waals surface area contributed by atoms with Gasteiger partial charge in [-0.3, -0.25) is 9.59 Å². The van der Waals surface area contributed by atoms with Gasteiger partial charge in [-0.15, -0.1) is 0 Å². The highest BCUT2D eigenvalue weighted by atomic mass is 19.4. The maximum Gasteiger partial charge on any atom is 0.422 e. The number of hydrogen-bond acceptors (Lipinski definition) is 6. The van der Waals surface area contributed by atoms with Gasteiger partial charge in [-0.1, -0.05) is 20.8 Å². The molecule has 0 aliphatic rings. The van der Waals surface area contributed by atoms with Crippen LogP contribution in [0.25, 0.3) is 16.7 Å². The zero-order chi connectivity index (χ0) is 25.5. The van der Waals surface area contributed by atoms with Crippen LogP contribution in [0.2, 0.25) is 0 Å². The Bertz CT molecular complexity index is 1470. The van der Waals surface area contributed by atoms with Crippen LogP contribution in [0.4, 0.5) is 23.4 Å². The minimum Gasteiger partial charge on any atom is -0.468 e. The lowest BCUT2D eigenvalue weighted by atomic mass is 9.93. The fourth-order valence-electron chi connectivity index (χ4n) is 3.27. The summed E-state index contributed by atoms with van der Waals surface area (Å²) in [4.78, 5) is 33.8. The maximum atomic E-state index is 13.1. The third-order valence-electron chi connectivity index (χ3n) is 4.94. The molecular formula is C22H20F4N6O3. The molecule has 4 rings (SSSR count). The van der Waals surface area contributed by atoms with Gasteiger partial charge in [0.05, 0.1) is 17.3 Å². The van der Waals surface area contributed by atoms with Gasteiger partial charge in [0.1, 0.15) is 23.8 Å². The number of pyridine rings is 2. The quantitative estimate of drug-likeness (QED) is 0.428. The predicted molar refractivity (Wildman–Crippen MR) is 118 cm³/mol. The Kier molecular flexibility index (Phi) is 5.95. The number of carbonyl (C=O) groups is 1. The van der Waals surface area contributed by atoms with Gasteiger partial charge in [-0.25, -0.2) is 9.37 Å². The number of amides is 1. The first-order chi connectivity index (χ1) is 16.3. The van der Waals surface area contributed by atoms with Crippen molar-refractivity contribution >= 4 is 28.4 Å². The molecule has 0 bridgehead atoms. The van der Waals surface area contributed by atoms with E-state index >= 15 is 0 Å². The molecule has 1 N–H and O–H groups in total. The Hall–Kier alpha value is -4.03. The van der Waals surface area contributed by atoms with Gasteiger partial charge in [0.25, 0.3) is 5.56 Å². The van der Waals surface area contributed by atoms with Crippen molar-refractivity contribution in [3.8, 4) is 5.88 Å². The topological polar surface area (TPSA) is 103 Å². The second kappa shape index (κ2) is 8.64. The first-order valence-corrected chi connectivity index (χ1v) is 10.4. The first-order valence-electron chi connectivity index (χ1n) is 10.4. The number of nitrogens with zero attached hydrogens (tertiary/aromatic N) is 5. The Labute approximate surface area is 195 Å². The Morgan fingerprint density at radius 2 is 1.89 bits per heavy atom. The summed E-state index contributed by atoms with van der Waals surface area (Å²) >= 11 is 0. The summed E-state index contributed by atoms with van der Waals surface area (Å²) < 4.78 is 58.2. The van der Waals surface area contributed by atoms with Crippen LogP contribution in [0.15, 0.2) is 41.3 Å². The standard InChI is InChI=1S/C22H20F4N6O3/c1-21(2,3)14-8-18-31(10-16(33)28-15-6-4-12(23)9-27-15)19-13(20(34)32(18)30-14)5-7-17(29-19)35-11-22(24,25)26/h4-9H,10-11H2,1-3H3,(H,27,28,33). The Balaban J connectivity index is 1.84. The third kappa shape index (κ3) is 5.23. The maximum absolute atomic E-state index is 13.1. The monoisotopic (exact) mass is 492 g/mol. The number of nitrogens with one attached hydrogen (secondary N) is 1. The van der Waals surface area contributed by atoms with Gasteiger partial charge in [-0.05, 0) is 18.2 Å². The summed E-state index contributed by atoms with van der Waals surface area (Å²) in [6.45, 7) is 3.69. The molecule has 0 fully saturated rings. The largest absolute Gasteiger partial charge is 0.468 e. The van der Waals surface area contributed by atoms with Crippen molar-refractivity contribution in [1.29, 1.82) is 0 Å². The van der Waals surface area contributed by atoms with Crippen LogP contribution in [-0.2, 0) is 16.8 Å². The van der Waals surface area contributed by atoms with Crippen LogP contribution in [0, 0.1) is 5.82 Å². The molecule has 4 aromatic heterocycles. The predicted octanol–water partition coefficient (Wildman–Crippen LogP) is 3.46. The van der Waals surface area contributed by atoms with Crippen molar-refractivity contribution in [2.24, 2.45) is 0 Å². The van der Waals surface area contributed by atoms with Crippen molar-refractivity contribution in [3.05, 3.63) is 58.4 Å². The van der Waals surface area contributed by atoms with E-state index in [1.807, 2.05) is 20.8 Å². The number of halogens is 4. The number of rotatable bonds is 5. The number of anilines is 1. The van der Waals surface area contributed by atoms with Crippen molar-refractivity contribution in [3.63, 3.8) is 0 Å². The molecule has 35 heavy (non-hydrogen) atoms. The third-order valence-corrected chi connectivity index (χ3v) is 4.94. The van der Waals surface area contributed by atoms with Gasteiger partial charge in [0, 0.05) is 17.5 Å². The average Bonchev–Trinajstić information content (AvgIpc) is 3.22. The lowest BCUT2D eigenvalue weighted by Crippen LogP contribution is -2.26. The van der Waals surface area contributed by atoms with E-state index in [9.17, 15) is 27.2 Å². The molecule has 0 saturated carbocycles. The Morgan fingerprint density at radius 1 is 1.14 bits per heavy atom. The second-order valence-electron chi connectivity index (χ2n) is 8.78. The highest BCUT2D eigenvalue weighted by Crippen LogP contribution is 2.24. The molecule has 0 aromatic carbocycles. The fraction of sp³-hybridized carbons (Fsp3) is 0.318. The minimum atomic E-state index is -4.59. The van der Waals surface area contributed by atoms with E-state index in [2.05, 4.69) is 20.4 Å². The van der Waals surface area contributed by atoms with E-state index in [1.165, 1.54) is 16.7 Å². The van der Waals surface area contributed by atoms with Gasteiger partial charge in [0.2, 0.25) is 11.8 Å². The van der Waals surface area contributed by atoms with Gasteiger partial charge in [0.15, 0.2) is 12.3 Å². The second-order valence-corrected chi connectivity index (χ2v) is 8.78. The Morgan fingerprint density at radius 3 is 2.51 bits per heavy atom. The zero-order valence-corrected chi connectivity index (χ0v) is 18.9. The van der Waals surface area contributed by atoms with Crippen molar-refractivity contribution in [2.75, 3.05) is 11.9 Å². The van der Waals surface area contributed by atoms with Crippen LogP contribution in [0.5, 0.6) is 5.88 Å². The lowest BCUT2D eigenvalue weighted by molar-refractivity contribution is -0.154. The molecule has 0 aliphatic carbocycles. The number of alkyl halides is 3. The average molecular weight is 492 g/mol. The molecule has 1 amide bonds. The van der Waals surface area contributed by atoms with Gasteiger partial charge in [-0.2, -0.15) is 27.8 Å². The SMILES string of the molecule is CC(C)(C)c1cc2n(CC(=O)Nc3ccc(F)cn3)c3nc(OCC(F)(F)F)ccc3c(=O)n2n1. The van der Waals surface area contributed by atoms with Crippen LogP contribution in [0.3, 0.4) is 0 Å². The van der Waals surface area contributed by atoms with Crippen LogP contribution < -0.4 is 15.6 Å². The van der Waals surface area contributed by atoms with E-state index in [1.54, 1.807) is 6.07 Å². The summed E-state index contributed by atoms with van der Waals surface area (Å²) in [5.41, 5.74) is -0.318. The zero-order valence-electron chi connectivity index (χ0n) is 18.9. The molecule has 4 heterocycles. The molecular weight excluding hydrogens is 472 g/mol. The first kappa shape index (κ1) is 24.1. The molecule has 184 valence electrons. The molecule has 9 nitrogen and oxygen atoms in total. The molecule has 4 aromatic rings. The molecule has 0 saturated heterocycles. The molecule has 0 atom stereocenters. The number of ether oxygens (including phenoxy) is 1. The van der Waals surface area contributed by atoms with Crippen LogP contribution in [0.1, 0.15) is 26.5 Å². The van der Waals surface area contributed by atoms with E-state index in [-0.39, 0.29) is 28.4 Å². The number of fused-ring (bicyclic) bond motifs is 2. The minimum absolute atomic E-state index is 0.0214. The smallest absolute Gasteiger partial charge is 0.422 e. The summed E-state index contributed by atoms with van der Waals surface area (Å²) in [5.74, 6) is -1.47. The van der Waals surface area contributed by atoms with E-state index in [4.69, 9.17) is 4.74 Å². The molecule has 0 spiro atoms. The number of carbonyl (C=O) groups excluding carboxylic acids is 1. The summed E-state index contributed by atoms with van der Waals surface area (Å²) in [5, 5.41) is 6.90. The van der Waals surface area contributed by atoms with Crippen LogP contribution >= 0.6 is 0 Å². The van der Waals surface area contributed by atoms with Gasteiger partial charge < -0.3 is 14.6 Å². The van der Waals surface area contributed by atoms with Crippen molar-refractivity contribution in [2.45, 2.75) is 38.9 Å². The molecule has 0 unspecified atom stereocenters. The molecule has 0 radical (unpaired) electrons. The number of aromatic nitrogens is 5.